The summed E-state index contributed by atoms with van der Waals surface area (Å²) in [5.74, 6) is -0.856. The molecule has 3 amide bonds. The molecule has 0 radical (unpaired) electrons. The Labute approximate surface area is 147 Å². The molecular formula is C20H22N2O3. The van der Waals surface area contributed by atoms with E-state index in [0.29, 0.717) is 6.54 Å². The Morgan fingerprint density at radius 2 is 1.64 bits per heavy atom. The highest BCUT2D eigenvalue weighted by Crippen LogP contribution is 2.49. The number of allylic oxidation sites excluding steroid dienone is 2. The number of rotatable bonds is 4. The number of carbonyl (C=O) groups is 3. The van der Waals surface area contributed by atoms with E-state index in [1.54, 1.807) is 6.92 Å². The molecule has 1 aromatic carbocycles. The van der Waals surface area contributed by atoms with Gasteiger partial charge in [0.15, 0.2) is 0 Å². The molecule has 1 aliphatic heterocycles. The molecule has 1 heterocycles. The second-order valence-electron chi connectivity index (χ2n) is 7.27. The summed E-state index contributed by atoms with van der Waals surface area (Å²) in [5, 5.41) is 2.84. The molecule has 25 heavy (non-hydrogen) atoms. The van der Waals surface area contributed by atoms with E-state index < -0.39 is 6.04 Å². The van der Waals surface area contributed by atoms with Crippen LogP contribution in [0.2, 0.25) is 0 Å². The number of hydrogen-bond donors (Lipinski definition) is 1. The van der Waals surface area contributed by atoms with Gasteiger partial charge >= 0.3 is 0 Å². The predicted molar refractivity (Wildman–Crippen MR) is 91.9 cm³/mol. The van der Waals surface area contributed by atoms with E-state index in [-0.39, 0.29) is 41.4 Å². The summed E-state index contributed by atoms with van der Waals surface area (Å²) in [5.41, 5.74) is 0.984. The van der Waals surface area contributed by atoms with Crippen molar-refractivity contribution in [2.24, 2.45) is 23.7 Å². The molecule has 3 aliphatic carbocycles. The molecular weight excluding hydrogens is 316 g/mol. The third-order valence-corrected chi connectivity index (χ3v) is 5.87. The average Bonchev–Trinajstić information content (AvgIpc) is 2.94. The lowest BCUT2D eigenvalue weighted by molar-refractivity contribution is -0.147. The van der Waals surface area contributed by atoms with Crippen molar-refractivity contribution in [3.8, 4) is 0 Å². The van der Waals surface area contributed by atoms with Crippen molar-refractivity contribution in [2.75, 3.05) is 0 Å². The summed E-state index contributed by atoms with van der Waals surface area (Å²) < 4.78 is 0. The zero-order chi connectivity index (χ0) is 17.6. The standard InChI is InChI=1S/C20H22N2O3/c1-12(18(23)21-11-13-5-3-2-4-6-13)22-19(24)16-14-7-8-15(10-9-14)17(16)20(22)25/h2-8,12,14-17H,9-11H2,1H3,(H,21,23)/t12-,14+,15+,16+,17+/m1/s1. The molecule has 0 aromatic heterocycles. The number of likely N-dealkylation sites (tertiary alicyclic amines) is 1. The minimum atomic E-state index is -0.770. The van der Waals surface area contributed by atoms with Crippen molar-refractivity contribution in [1.82, 2.24) is 10.2 Å². The van der Waals surface area contributed by atoms with Crippen LogP contribution in [-0.2, 0) is 20.9 Å². The van der Waals surface area contributed by atoms with Gasteiger partial charge in [0.05, 0.1) is 11.8 Å². The zero-order valence-corrected chi connectivity index (χ0v) is 14.2. The lowest BCUT2D eigenvalue weighted by atomic mass is 9.63. The van der Waals surface area contributed by atoms with Crippen molar-refractivity contribution in [3.05, 3.63) is 48.0 Å². The van der Waals surface area contributed by atoms with Gasteiger partial charge in [0.2, 0.25) is 17.7 Å². The molecule has 2 fully saturated rings. The maximum Gasteiger partial charge on any atom is 0.243 e. The lowest BCUT2D eigenvalue weighted by Gasteiger charge is -2.38. The molecule has 2 bridgehead atoms. The normalized spacial score (nSPS) is 31.2. The molecule has 5 atom stereocenters. The van der Waals surface area contributed by atoms with Crippen molar-refractivity contribution in [2.45, 2.75) is 32.4 Å². The number of carbonyl (C=O) groups excluding carboxylic acids is 3. The van der Waals surface area contributed by atoms with Gasteiger partial charge < -0.3 is 5.32 Å². The minimum absolute atomic E-state index is 0.149. The molecule has 5 heteroatoms. The summed E-state index contributed by atoms with van der Waals surface area (Å²) in [7, 11) is 0. The average molecular weight is 338 g/mol. The van der Waals surface area contributed by atoms with Gasteiger partial charge in [-0.05, 0) is 37.2 Å². The van der Waals surface area contributed by atoms with Gasteiger partial charge in [-0.25, -0.2) is 0 Å². The Morgan fingerprint density at radius 3 is 2.16 bits per heavy atom. The number of hydrogen-bond acceptors (Lipinski definition) is 3. The van der Waals surface area contributed by atoms with Crippen LogP contribution >= 0.6 is 0 Å². The van der Waals surface area contributed by atoms with Gasteiger partial charge in [0.25, 0.3) is 0 Å². The second kappa shape index (κ2) is 6.14. The van der Waals surface area contributed by atoms with Crippen LogP contribution in [0.15, 0.2) is 42.5 Å². The molecule has 5 rings (SSSR count). The van der Waals surface area contributed by atoms with Crippen molar-refractivity contribution >= 4 is 17.7 Å². The van der Waals surface area contributed by atoms with E-state index >= 15 is 0 Å². The molecule has 1 aromatic rings. The Kier molecular flexibility index (Phi) is 3.94. The number of imide groups is 1. The fraction of sp³-hybridized carbons (Fsp3) is 0.450. The maximum absolute atomic E-state index is 12.9. The van der Waals surface area contributed by atoms with Crippen LogP contribution in [0.25, 0.3) is 0 Å². The fourth-order valence-corrected chi connectivity index (χ4v) is 4.53. The van der Waals surface area contributed by atoms with Crippen LogP contribution in [0, 0.1) is 23.7 Å². The molecule has 130 valence electrons. The van der Waals surface area contributed by atoms with E-state index in [4.69, 9.17) is 0 Å². The van der Waals surface area contributed by atoms with Gasteiger partial charge in [0.1, 0.15) is 6.04 Å². The van der Waals surface area contributed by atoms with Gasteiger partial charge in [-0.1, -0.05) is 42.5 Å². The lowest BCUT2D eigenvalue weighted by Crippen LogP contribution is -2.48. The zero-order valence-electron chi connectivity index (χ0n) is 14.2. The fourth-order valence-electron chi connectivity index (χ4n) is 4.53. The van der Waals surface area contributed by atoms with E-state index in [1.165, 1.54) is 4.90 Å². The van der Waals surface area contributed by atoms with Gasteiger partial charge in [-0.2, -0.15) is 0 Å². The highest BCUT2D eigenvalue weighted by molar-refractivity contribution is 6.08. The summed E-state index contributed by atoms with van der Waals surface area (Å²) in [6.07, 6.45) is 6.10. The van der Waals surface area contributed by atoms with E-state index in [2.05, 4.69) is 17.5 Å². The smallest absolute Gasteiger partial charge is 0.243 e. The predicted octanol–water partition coefficient (Wildman–Crippen LogP) is 1.89. The number of nitrogens with one attached hydrogen (secondary N) is 1. The summed E-state index contributed by atoms with van der Waals surface area (Å²) in [6, 6.07) is 8.82. The van der Waals surface area contributed by atoms with Crippen LogP contribution in [0.3, 0.4) is 0 Å². The number of fused-ring (bicyclic) bond motifs is 1. The number of benzene rings is 1. The quantitative estimate of drug-likeness (QED) is 0.673. The van der Waals surface area contributed by atoms with Gasteiger partial charge in [-0.15, -0.1) is 0 Å². The Bertz CT molecular complexity index is 711. The molecule has 0 spiro atoms. The minimum Gasteiger partial charge on any atom is -0.350 e. The van der Waals surface area contributed by atoms with Crippen LogP contribution in [0.1, 0.15) is 25.3 Å². The third kappa shape index (κ3) is 2.58. The summed E-state index contributed by atoms with van der Waals surface area (Å²) >= 11 is 0. The van der Waals surface area contributed by atoms with Crippen molar-refractivity contribution < 1.29 is 14.4 Å². The molecule has 0 unspecified atom stereocenters. The molecule has 1 saturated heterocycles. The van der Waals surface area contributed by atoms with Gasteiger partial charge in [0, 0.05) is 6.54 Å². The highest BCUT2D eigenvalue weighted by atomic mass is 16.2. The van der Waals surface area contributed by atoms with E-state index in [9.17, 15) is 14.4 Å². The molecule has 1 saturated carbocycles. The van der Waals surface area contributed by atoms with Crippen molar-refractivity contribution in [1.29, 1.82) is 0 Å². The first-order valence-electron chi connectivity index (χ1n) is 8.95. The Hall–Kier alpha value is -2.43. The first-order valence-corrected chi connectivity index (χ1v) is 8.95. The van der Waals surface area contributed by atoms with Crippen molar-refractivity contribution in [3.63, 3.8) is 0 Å². The molecule has 4 aliphatic rings. The Balaban J connectivity index is 1.47. The van der Waals surface area contributed by atoms with E-state index in [0.717, 1.165) is 18.4 Å². The highest BCUT2D eigenvalue weighted by Gasteiger charge is 2.58. The summed E-state index contributed by atoms with van der Waals surface area (Å²) in [4.78, 5) is 39.4. The van der Waals surface area contributed by atoms with Crippen LogP contribution in [0.4, 0.5) is 0 Å². The second-order valence-corrected chi connectivity index (χ2v) is 7.27. The first-order chi connectivity index (χ1) is 12.1. The Morgan fingerprint density at radius 1 is 1.08 bits per heavy atom. The maximum atomic E-state index is 12.9. The third-order valence-electron chi connectivity index (χ3n) is 5.87. The van der Waals surface area contributed by atoms with Crippen LogP contribution in [-0.4, -0.2) is 28.7 Å². The summed E-state index contributed by atoms with van der Waals surface area (Å²) in [6.45, 7) is 2.03. The van der Waals surface area contributed by atoms with Gasteiger partial charge in [-0.3, -0.25) is 19.3 Å². The number of nitrogens with zero attached hydrogens (tertiary/aromatic N) is 1. The first kappa shape index (κ1) is 16.1. The topological polar surface area (TPSA) is 66.5 Å². The molecule has 1 N–H and O–H groups in total. The molecule has 5 nitrogen and oxygen atoms in total. The van der Waals surface area contributed by atoms with Crippen LogP contribution in [0.5, 0.6) is 0 Å². The van der Waals surface area contributed by atoms with E-state index in [1.807, 2.05) is 30.3 Å². The monoisotopic (exact) mass is 338 g/mol. The largest absolute Gasteiger partial charge is 0.350 e. The number of amides is 3. The van der Waals surface area contributed by atoms with Crippen LogP contribution < -0.4 is 5.32 Å². The SMILES string of the molecule is C[C@H](C(=O)NCc1ccccc1)N1C(=O)[C@@H]2[C@@H](C1=O)[C@H]1C=C[C@H]2CC1.